The predicted octanol–water partition coefficient (Wildman–Crippen LogP) is 5.42. The zero-order valence-electron chi connectivity index (χ0n) is 15.9. The van der Waals surface area contributed by atoms with E-state index in [1.165, 1.54) is 7.11 Å². The number of carbonyl (C=O) groups excluding carboxylic acids is 2. The minimum Gasteiger partial charge on any atom is -0.437 e. The van der Waals surface area contributed by atoms with Crippen molar-refractivity contribution in [3.8, 4) is 5.75 Å². The molecule has 1 aliphatic heterocycles. The highest BCUT2D eigenvalue weighted by atomic mass is 35.5. The number of benzene rings is 3. The first kappa shape index (κ1) is 19.5. The second kappa shape index (κ2) is 8.31. The molecule has 0 bridgehead atoms. The maximum Gasteiger partial charge on any atom is 0.513 e. The van der Waals surface area contributed by atoms with Gasteiger partial charge in [-0.2, -0.15) is 0 Å². The zero-order chi connectivity index (χ0) is 21.1. The SMILES string of the molecule is COC(=O)Oc1ccc2c(c1)/C(=C(/Nc1ccc(Cl)cc1)c1ccccc1)C(=O)N2. The molecule has 0 saturated carbocycles. The van der Waals surface area contributed by atoms with E-state index in [4.69, 9.17) is 16.3 Å². The van der Waals surface area contributed by atoms with Gasteiger partial charge in [-0.15, -0.1) is 0 Å². The van der Waals surface area contributed by atoms with E-state index in [0.717, 1.165) is 11.3 Å². The molecule has 1 amide bonds. The average Bonchev–Trinajstić information content (AvgIpc) is 3.09. The van der Waals surface area contributed by atoms with E-state index in [9.17, 15) is 9.59 Å². The molecule has 0 fully saturated rings. The Bertz CT molecular complexity index is 1140. The van der Waals surface area contributed by atoms with Crippen molar-refractivity contribution in [1.82, 2.24) is 0 Å². The molecule has 0 radical (unpaired) electrons. The van der Waals surface area contributed by atoms with Crippen LogP contribution in [0, 0.1) is 0 Å². The van der Waals surface area contributed by atoms with E-state index in [-0.39, 0.29) is 11.7 Å². The van der Waals surface area contributed by atoms with Crippen molar-refractivity contribution in [2.75, 3.05) is 17.7 Å². The first-order chi connectivity index (χ1) is 14.5. The van der Waals surface area contributed by atoms with Crippen LogP contribution in [0.15, 0.2) is 72.8 Å². The van der Waals surface area contributed by atoms with Crippen molar-refractivity contribution in [2.45, 2.75) is 0 Å². The topological polar surface area (TPSA) is 76.7 Å². The number of hydrogen-bond donors (Lipinski definition) is 2. The first-order valence-corrected chi connectivity index (χ1v) is 9.47. The Hall–Kier alpha value is -3.77. The van der Waals surface area contributed by atoms with Gasteiger partial charge in [0.15, 0.2) is 0 Å². The molecule has 0 saturated heterocycles. The summed E-state index contributed by atoms with van der Waals surface area (Å²) in [5, 5.41) is 6.81. The van der Waals surface area contributed by atoms with Crippen LogP contribution in [0.5, 0.6) is 5.75 Å². The number of hydrogen-bond acceptors (Lipinski definition) is 5. The van der Waals surface area contributed by atoms with Crippen LogP contribution in [-0.2, 0) is 9.53 Å². The van der Waals surface area contributed by atoms with Crippen LogP contribution < -0.4 is 15.4 Å². The largest absolute Gasteiger partial charge is 0.513 e. The van der Waals surface area contributed by atoms with Gasteiger partial charge in [-0.25, -0.2) is 4.79 Å². The third-order valence-electron chi connectivity index (χ3n) is 4.53. The van der Waals surface area contributed by atoms with Crippen LogP contribution in [0.4, 0.5) is 16.2 Å². The second-order valence-electron chi connectivity index (χ2n) is 6.47. The Kier molecular flexibility index (Phi) is 5.41. The molecule has 0 spiro atoms. The minimum absolute atomic E-state index is 0.263. The maximum absolute atomic E-state index is 12.9. The van der Waals surface area contributed by atoms with Gasteiger partial charge in [0.05, 0.1) is 18.4 Å². The summed E-state index contributed by atoms with van der Waals surface area (Å²) in [7, 11) is 1.23. The van der Waals surface area contributed by atoms with E-state index in [0.29, 0.717) is 27.5 Å². The van der Waals surface area contributed by atoms with Crippen LogP contribution >= 0.6 is 11.6 Å². The van der Waals surface area contributed by atoms with Crippen molar-refractivity contribution >= 4 is 46.3 Å². The number of nitrogens with one attached hydrogen (secondary N) is 2. The summed E-state index contributed by atoms with van der Waals surface area (Å²) in [4.78, 5) is 24.4. The standard InChI is InChI=1S/C23H17ClN2O4/c1-29-23(28)30-17-11-12-19-18(13-17)20(22(27)26-19)21(14-5-3-2-4-6-14)25-16-9-7-15(24)8-10-16/h2-13,25H,1H3,(H,26,27)/b21-20-. The molecule has 30 heavy (non-hydrogen) atoms. The fraction of sp³-hybridized carbons (Fsp3) is 0.0435. The fourth-order valence-corrected chi connectivity index (χ4v) is 3.28. The molecule has 6 nitrogen and oxygen atoms in total. The number of ether oxygens (including phenoxy) is 2. The summed E-state index contributed by atoms with van der Waals surface area (Å²) in [5.41, 5.74) is 3.88. The highest BCUT2D eigenvalue weighted by Crippen LogP contribution is 2.39. The Labute approximate surface area is 178 Å². The van der Waals surface area contributed by atoms with E-state index < -0.39 is 6.16 Å². The molecule has 0 atom stereocenters. The normalized spacial score (nSPS) is 13.9. The smallest absolute Gasteiger partial charge is 0.437 e. The van der Waals surface area contributed by atoms with E-state index in [1.807, 2.05) is 42.5 Å². The maximum atomic E-state index is 12.9. The molecule has 2 N–H and O–H groups in total. The predicted molar refractivity (Wildman–Crippen MR) is 116 cm³/mol. The van der Waals surface area contributed by atoms with Gasteiger partial charge in [0.2, 0.25) is 0 Å². The van der Waals surface area contributed by atoms with Gasteiger partial charge in [0.1, 0.15) is 5.75 Å². The Morgan fingerprint density at radius 3 is 2.43 bits per heavy atom. The van der Waals surface area contributed by atoms with Gasteiger partial charge in [-0.3, -0.25) is 4.79 Å². The molecule has 3 aromatic rings. The number of rotatable bonds is 4. The number of fused-ring (bicyclic) bond motifs is 1. The molecule has 0 unspecified atom stereocenters. The van der Waals surface area contributed by atoms with Crippen molar-refractivity contribution < 1.29 is 19.1 Å². The monoisotopic (exact) mass is 420 g/mol. The van der Waals surface area contributed by atoms with Crippen LogP contribution in [0.1, 0.15) is 11.1 Å². The summed E-state index contributed by atoms with van der Waals surface area (Å²) in [6, 6.07) is 21.6. The molecule has 1 heterocycles. The summed E-state index contributed by atoms with van der Waals surface area (Å²) < 4.78 is 9.68. The lowest BCUT2D eigenvalue weighted by atomic mass is 10.00. The molecule has 3 aromatic carbocycles. The number of methoxy groups -OCH3 is 1. The van der Waals surface area contributed by atoms with Gasteiger partial charge in [0.25, 0.3) is 5.91 Å². The third kappa shape index (κ3) is 3.99. The van der Waals surface area contributed by atoms with Gasteiger partial charge >= 0.3 is 6.16 Å². The molecule has 150 valence electrons. The highest BCUT2D eigenvalue weighted by molar-refractivity contribution is 6.37. The van der Waals surface area contributed by atoms with Gasteiger partial charge in [-0.1, -0.05) is 41.9 Å². The Morgan fingerprint density at radius 1 is 1.00 bits per heavy atom. The molecular weight excluding hydrogens is 404 g/mol. The summed E-state index contributed by atoms with van der Waals surface area (Å²) in [6.07, 6.45) is -0.833. The lowest BCUT2D eigenvalue weighted by Crippen LogP contribution is -2.10. The number of anilines is 2. The lowest BCUT2D eigenvalue weighted by Gasteiger charge is -2.15. The Balaban J connectivity index is 1.85. The molecule has 4 rings (SSSR count). The van der Waals surface area contributed by atoms with Crippen molar-refractivity contribution in [3.05, 3.63) is 88.9 Å². The summed E-state index contributed by atoms with van der Waals surface area (Å²) >= 11 is 6.00. The quantitative estimate of drug-likeness (QED) is 0.335. The van der Waals surface area contributed by atoms with Gasteiger partial charge in [-0.05, 0) is 48.0 Å². The van der Waals surface area contributed by atoms with Crippen molar-refractivity contribution in [3.63, 3.8) is 0 Å². The molecular formula is C23H17ClN2O4. The van der Waals surface area contributed by atoms with Crippen LogP contribution in [0.25, 0.3) is 11.3 Å². The Morgan fingerprint density at radius 2 is 1.73 bits per heavy atom. The zero-order valence-corrected chi connectivity index (χ0v) is 16.7. The third-order valence-corrected chi connectivity index (χ3v) is 4.78. The second-order valence-corrected chi connectivity index (χ2v) is 6.90. The van der Waals surface area contributed by atoms with Crippen LogP contribution in [0.3, 0.4) is 0 Å². The number of halogens is 1. The molecule has 1 aliphatic rings. The van der Waals surface area contributed by atoms with E-state index in [1.54, 1.807) is 30.3 Å². The lowest BCUT2D eigenvalue weighted by molar-refractivity contribution is -0.110. The first-order valence-electron chi connectivity index (χ1n) is 9.09. The van der Waals surface area contributed by atoms with Crippen LogP contribution in [0.2, 0.25) is 5.02 Å². The summed E-state index contributed by atoms with van der Waals surface area (Å²) in [6.45, 7) is 0. The van der Waals surface area contributed by atoms with E-state index in [2.05, 4.69) is 15.4 Å². The van der Waals surface area contributed by atoms with Gasteiger partial charge < -0.3 is 20.1 Å². The fourth-order valence-electron chi connectivity index (χ4n) is 3.16. The van der Waals surface area contributed by atoms with E-state index >= 15 is 0 Å². The minimum atomic E-state index is -0.833. The van der Waals surface area contributed by atoms with Gasteiger partial charge in [0, 0.05) is 22.0 Å². The van der Waals surface area contributed by atoms with Crippen molar-refractivity contribution in [2.24, 2.45) is 0 Å². The average molecular weight is 421 g/mol. The number of amides is 1. The molecule has 0 aliphatic carbocycles. The van der Waals surface area contributed by atoms with Crippen molar-refractivity contribution in [1.29, 1.82) is 0 Å². The number of carbonyl (C=O) groups is 2. The summed E-state index contributed by atoms with van der Waals surface area (Å²) in [5.74, 6) is 0.00837. The molecule has 0 aromatic heterocycles. The van der Waals surface area contributed by atoms with Crippen LogP contribution in [-0.4, -0.2) is 19.2 Å². The highest BCUT2D eigenvalue weighted by Gasteiger charge is 2.29. The molecule has 7 heteroatoms.